The van der Waals surface area contributed by atoms with Crippen LogP contribution in [0.4, 0.5) is 0 Å². The van der Waals surface area contributed by atoms with Crippen LogP contribution in [0.5, 0.6) is 5.75 Å². The molecule has 0 saturated carbocycles. The molecule has 0 atom stereocenters. The molecule has 3 nitrogen and oxygen atoms in total. The van der Waals surface area contributed by atoms with E-state index in [-0.39, 0.29) is 5.78 Å². The maximum atomic E-state index is 11.7. The van der Waals surface area contributed by atoms with Gasteiger partial charge in [-0.1, -0.05) is 29.8 Å². The third-order valence-corrected chi connectivity index (χ3v) is 3.00. The lowest BCUT2D eigenvalue weighted by Crippen LogP contribution is -2.08. The third kappa shape index (κ3) is 6.21. The predicted octanol–water partition coefficient (Wildman–Crippen LogP) is 4.45. The first-order chi connectivity index (χ1) is 9.37. The number of aryl methyl sites for hydroxylation is 2. The SMILES string of the molecule is CC#N.Cc1cc(OCC(C)C)cc(C)c1C(=O)CBr. The van der Waals surface area contributed by atoms with Gasteiger partial charge in [-0.15, -0.1) is 0 Å². The van der Waals surface area contributed by atoms with Crippen LogP contribution in [0.2, 0.25) is 0 Å². The van der Waals surface area contributed by atoms with Crippen LogP contribution < -0.4 is 4.74 Å². The smallest absolute Gasteiger partial charge is 0.173 e. The van der Waals surface area contributed by atoms with Crippen molar-refractivity contribution in [1.29, 1.82) is 5.26 Å². The van der Waals surface area contributed by atoms with Crippen molar-refractivity contribution >= 4 is 21.7 Å². The quantitative estimate of drug-likeness (QED) is 0.588. The van der Waals surface area contributed by atoms with Crippen molar-refractivity contribution < 1.29 is 9.53 Å². The second-order valence-corrected chi connectivity index (χ2v) is 5.48. The molecule has 20 heavy (non-hydrogen) atoms. The van der Waals surface area contributed by atoms with Crippen LogP contribution in [0, 0.1) is 31.1 Å². The molecule has 0 fully saturated rings. The Labute approximate surface area is 130 Å². The molecule has 1 aromatic rings. The minimum absolute atomic E-state index is 0.121. The van der Waals surface area contributed by atoms with Crippen LogP contribution in [-0.2, 0) is 0 Å². The van der Waals surface area contributed by atoms with Gasteiger partial charge in [0.2, 0.25) is 0 Å². The molecule has 1 rings (SSSR count). The van der Waals surface area contributed by atoms with Gasteiger partial charge in [-0.25, -0.2) is 0 Å². The summed E-state index contributed by atoms with van der Waals surface area (Å²) in [7, 11) is 0. The molecule has 0 N–H and O–H groups in total. The van der Waals surface area contributed by atoms with Crippen LogP contribution in [0.1, 0.15) is 42.3 Å². The van der Waals surface area contributed by atoms with Crippen molar-refractivity contribution in [3.05, 3.63) is 28.8 Å². The van der Waals surface area contributed by atoms with Gasteiger partial charge < -0.3 is 4.74 Å². The number of hydrogen-bond acceptors (Lipinski definition) is 3. The van der Waals surface area contributed by atoms with Crippen LogP contribution in [-0.4, -0.2) is 17.7 Å². The number of carbonyl (C=O) groups excluding carboxylic acids is 1. The minimum atomic E-state index is 0.121. The molecule has 0 bridgehead atoms. The van der Waals surface area contributed by atoms with Gasteiger partial charge in [-0.2, -0.15) is 5.26 Å². The number of rotatable bonds is 5. The highest BCUT2D eigenvalue weighted by atomic mass is 79.9. The molecule has 0 aliphatic heterocycles. The van der Waals surface area contributed by atoms with Crippen molar-refractivity contribution in [3.8, 4) is 11.8 Å². The molecule has 1 aromatic carbocycles. The van der Waals surface area contributed by atoms with Gasteiger partial charge in [0.05, 0.1) is 18.0 Å². The summed E-state index contributed by atoms with van der Waals surface area (Å²) in [5.41, 5.74) is 2.76. The lowest BCUT2D eigenvalue weighted by molar-refractivity contribution is 0.102. The van der Waals surface area contributed by atoms with E-state index in [4.69, 9.17) is 10.00 Å². The Bertz CT molecular complexity index is 467. The Balaban J connectivity index is 0.00000110. The van der Waals surface area contributed by atoms with E-state index in [2.05, 4.69) is 29.8 Å². The Morgan fingerprint density at radius 1 is 1.35 bits per heavy atom. The molecule has 110 valence electrons. The molecule has 0 aliphatic carbocycles. The Hall–Kier alpha value is -1.34. The maximum Gasteiger partial charge on any atom is 0.173 e. The summed E-state index contributed by atoms with van der Waals surface area (Å²) in [5.74, 6) is 1.47. The van der Waals surface area contributed by atoms with Crippen LogP contribution >= 0.6 is 15.9 Å². The summed E-state index contributed by atoms with van der Waals surface area (Å²) in [5, 5.41) is 7.68. The molecule has 0 saturated heterocycles. The standard InChI is InChI=1S/C14H19BrO2.C2H3N/c1-9(2)8-17-12-5-10(3)14(11(4)6-12)13(16)7-15;1-2-3/h5-6,9H,7-8H2,1-4H3;1H3. The van der Waals surface area contributed by atoms with Gasteiger partial charge in [0, 0.05) is 12.5 Å². The first-order valence-corrected chi connectivity index (χ1v) is 7.63. The van der Waals surface area contributed by atoms with Gasteiger partial charge in [-0.3, -0.25) is 4.79 Å². The van der Waals surface area contributed by atoms with E-state index in [0.717, 1.165) is 22.4 Å². The second-order valence-electron chi connectivity index (χ2n) is 4.92. The van der Waals surface area contributed by atoms with Gasteiger partial charge >= 0.3 is 0 Å². The third-order valence-electron chi connectivity index (χ3n) is 2.49. The number of nitriles is 1. The highest BCUT2D eigenvalue weighted by Gasteiger charge is 2.12. The van der Waals surface area contributed by atoms with E-state index in [9.17, 15) is 4.79 Å². The van der Waals surface area contributed by atoms with Crippen molar-refractivity contribution in [3.63, 3.8) is 0 Å². The highest BCUT2D eigenvalue weighted by Crippen LogP contribution is 2.23. The average Bonchev–Trinajstić information content (AvgIpc) is 2.36. The lowest BCUT2D eigenvalue weighted by Gasteiger charge is -2.13. The van der Waals surface area contributed by atoms with Gasteiger partial charge in [0.15, 0.2) is 5.78 Å². The fourth-order valence-corrected chi connectivity index (χ4v) is 2.06. The lowest BCUT2D eigenvalue weighted by atomic mass is 9.99. The Morgan fingerprint density at radius 3 is 2.15 bits per heavy atom. The molecule has 0 spiro atoms. The van der Waals surface area contributed by atoms with E-state index in [1.807, 2.05) is 26.0 Å². The molecular formula is C16H22BrNO2. The number of hydrogen-bond donors (Lipinski definition) is 0. The molecule has 0 heterocycles. The zero-order valence-corrected chi connectivity index (χ0v) is 14.4. The van der Waals surface area contributed by atoms with E-state index in [1.54, 1.807) is 6.07 Å². The van der Waals surface area contributed by atoms with E-state index < -0.39 is 0 Å². The van der Waals surface area contributed by atoms with Crippen molar-refractivity contribution in [2.45, 2.75) is 34.6 Å². The maximum absolute atomic E-state index is 11.7. The van der Waals surface area contributed by atoms with Gasteiger partial charge in [-0.05, 0) is 43.0 Å². The normalized spacial score (nSPS) is 9.50. The largest absolute Gasteiger partial charge is 0.493 e. The molecule has 0 amide bonds. The minimum Gasteiger partial charge on any atom is -0.493 e. The number of ketones is 1. The van der Waals surface area contributed by atoms with Crippen LogP contribution in [0.25, 0.3) is 0 Å². The molecular weight excluding hydrogens is 318 g/mol. The van der Waals surface area contributed by atoms with E-state index >= 15 is 0 Å². The van der Waals surface area contributed by atoms with E-state index in [1.165, 1.54) is 6.92 Å². The number of benzene rings is 1. The topological polar surface area (TPSA) is 50.1 Å². The summed E-state index contributed by atoms with van der Waals surface area (Å²) in [4.78, 5) is 11.7. The van der Waals surface area contributed by atoms with Crippen LogP contribution in [0.15, 0.2) is 12.1 Å². The van der Waals surface area contributed by atoms with Crippen LogP contribution in [0.3, 0.4) is 0 Å². The fourth-order valence-electron chi connectivity index (χ4n) is 1.78. The van der Waals surface area contributed by atoms with Gasteiger partial charge in [0.25, 0.3) is 0 Å². The first kappa shape index (κ1) is 18.7. The number of carbonyl (C=O) groups is 1. The number of Topliss-reactive ketones (excluding diaryl/α,β-unsaturated/α-hetero) is 1. The number of nitrogens with zero attached hydrogens (tertiary/aromatic N) is 1. The molecule has 0 aromatic heterocycles. The molecule has 4 heteroatoms. The molecule has 0 radical (unpaired) electrons. The summed E-state index contributed by atoms with van der Waals surface area (Å²) < 4.78 is 5.67. The average molecular weight is 340 g/mol. The summed E-state index contributed by atoms with van der Waals surface area (Å²) in [6, 6.07) is 5.62. The number of alkyl halides is 1. The number of halogens is 1. The fraction of sp³-hybridized carbons (Fsp3) is 0.500. The van der Waals surface area contributed by atoms with E-state index in [0.29, 0.717) is 17.9 Å². The molecule has 0 aliphatic rings. The van der Waals surface area contributed by atoms with Crippen molar-refractivity contribution in [1.82, 2.24) is 0 Å². The monoisotopic (exact) mass is 339 g/mol. The summed E-state index contributed by atoms with van der Waals surface area (Å²) >= 11 is 3.21. The summed E-state index contributed by atoms with van der Waals surface area (Å²) in [6.45, 7) is 10.3. The predicted molar refractivity (Wildman–Crippen MR) is 85.7 cm³/mol. The van der Waals surface area contributed by atoms with Crippen molar-refractivity contribution in [2.24, 2.45) is 5.92 Å². The Kier molecular flexibility index (Phi) is 8.91. The molecule has 0 unspecified atom stereocenters. The second kappa shape index (κ2) is 9.55. The van der Waals surface area contributed by atoms with Crippen molar-refractivity contribution in [2.75, 3.05) is 11.9 Å². The van der Waals surface area contributed by atoms with Gasteiger partial charge in [0.1, 0.15) is 5.75 Å². The summed E-state index contributed by atoms with van der Waals surface area (Å²) in [6.07, 6.45) is 0. The highest BCUT2D eigenvalue weighted by molar-refractivity contribution is 9.09. The number of ether oxygens (including phenoxy) is 1. The zero-order valence-electron chi connectivity index (χ0n) is 12.8. The Morgan fingerprint density at radius 2 is 1.80 bits per heavy atom. The zero-order chi connectivity index (χ0) is 15.7. The first-order valence-electron chi connectivity index (χ1n) is 6.51.